The monoisotopic (exact) mass is 295 g/mol. The van der Waals surface area contributed by atoms with Crippen LogP contribution in [0.3, 0.4) is 0 Å². The molecule has 3 unspecified atom stereocenters. The first kappa shape index (κ1) is 14.6. The molecule has 0 saturated carbocycles. The number of nitrogens with one attached hydrogen (secondary N) is 1. The predicted octanol–water partition coefficient (Wildman–Crippen LogP) is 0.959. The number of ether oxygens (including phenoxy) is 1. The van der Waals surface area contributed by atoms with Crippen LogP contribution in [0.25, 0.3) is 0 Å². The minimum atomic E-state index is -0.516. The van der Waals surface area contributed by atoms with E-state index in [-0.39, 0.29) is 24.1 Å². The summed E-state index contributed by atoms with van der Waals surface area (Å²) in [5.41, 5.74) is -0.516. The number of amides is 2. The molecule has 0 radical (unpaired) electrons. The highest BCUT2D eigenvalue weighted by Crippen LogP contribution is 2.34. The molecule has 6 heteroatoms. The van der Waals surface area contributed by atoms with E-state index >= 15 is 0 Å². The summed E-state index contributed by atoms with van der Waals surface area (Å²) < 4.78 is 5.40. The van der Waals surface area contributed by atoms with Crippen LogP contribution in [-0.2, 0) is 9.53 Å². The van der Waals surface area contributed by atoms with E-state index in [2.05, 4.69) is 5.32 Å². The quantitative estimate of drug-likeness (QED) is 0.824. The number of piperazine rings is 1. The third-order valence-electron chi connectivity index (χ3n) is 4.46. The van der Waals surface area contributed by atoms with Crippen LogP contribution >= 0.6 is 0 Å². The Morgan fingerprint density at radius 1 is 1.43 bits per heavy atom. The molecular weight excluding hydrogens is 270 g/mol. The van der Waals surface area contributed by atoms with E-state index in [1.54, 1.807) is 4.90 Å². The van der Waals surface area contributed by atoms with E-state index in [9.17, 15) is 9.59 Å². The van der Waals surface area contributed by atoms with Gasteiger partial charge in [-0.3, -0.25) is 9.69 Å². The van der Waals surface area contributed by atoms with E-state index in [4.69, 9.17) is 4.74 Å². The first-order valence-corrected chi connectivity index (χ1v) is 7.88. The SMILES string of the molecule is CC(C)(C)OC(=O)N1C2CC1C(=O)N(CC1CCCN1)C2. The van der Waals surface area contributed by atoms with Crippen molar-refractivity contribution in [2.75, 3.05) is 19.6 Å². The van der Waals surface area contributed by atoms with Crippen molar-refractivity contribution in [3.8, 4) is 0 Å². The molecule has 0 aliphatic carbocycles. The topological polar surface area (TPSA) is 61.9 Å². The van der Waals surface area contributed by atoms with E-state index in [1.165, 1.54) is 6.42 Å². The van der Waals surface area contributed by atoms with Gasteiger partial charge in [0, 0.05) is 19.1 Å². The molecule has 6 nitrogen and oxygen atoms in total. The Hall–Kier alpha value is -1.30. The second kappa shape index (κ2) is 5.16. The fourth-order valence-electron chi connectivity index (χ4n) is 3.47. The molecule has 4 rings (SSSR count). The van der Waals surface area contributed by atoms with Crippen molar-refractivity contribution in [3.63, 3.8) is 0 Å². The van der Waals surface area contributed by atoms with E-state index in [0.717, 1.165) is 25.9 Å². The maximum Gasteiger partial charge on any atom is 0.411 e. The molecule has 0 aromatic heterocycles. The molecule has 0 aromatic rings. The second-order valence-electron chi connectivity index (χ2n) is 7.33. The molecule has 2 amide bonds. The fourth-order valence-corrected chi connectivity index (χ4v) is 3.47. The van der Waals surface area contributed by atoms with Gasteiger partial charge in [-0.1, -0.05) is 0 Å². The average Bonchev–Trinajstić information content (AvgIpc) is 2.80. The van der Waals surface area contributed by atoms with Crippen molar-refractivity contribution < 1.29 is 14.3 Å². The molecule has 4 heterocycles. The second-order valence-corrected chi connectivity index (χ2v) is 7.33. The average molecular weight is 295 g/mol. The smallest absolute Gasteiger partial charge is 0.411 e. The lowest BCUT2D eigenvalue weighted by molar-refractivity contribution is -0.158. The summed E-state index contributed by atoms with van der Waals surface area (Å²) in [5, 5.41) is 3.42. The lowest BCUT2D eigenvalue weighted by Crippen LogP contribution is -2.73. The number of carbonyl (C=O) groups excluding carboxylic acids is 2. The summed E-state index contributed by atoms with van der Waals surface area (Å²) in [6.07, 6.45) is 2.75. The van der Waals surface area contributed by atoms with Gasteiger partial charge in [-0.15, -0.1) is 0 Å². The minimum absolute atomic E-state index is 0.0806. The summed E-state index contributed by atoms with van der Waals surface area (Å²) in [5.74, 6) is 0.0806. The molecule has 2 bridgehead atoms. The number of rotatable bonds is 2. The predicted molar refractivity (Wildman–Crippen MR) is 77.9 cm³/mol. The van der Waals surface area contributed by atoms with Gasteiger partial charge in [-0.2, -0.15) is 0 Å². The van der Waals surface area contributed by atoms with Gasteiger partial charge in [-0.25, -0.2) is 4.79 Å². The summed E-state index contributed by atoms with van der Waals surface area (Å²) in [6, 6.07) is 0.241. The summed E-state index contributed by atoms with van der Waals surface area (Å²) in [4.78, 5) is 28.2. The molecule has 4 fully saturated rings. The molecule has 118 valence electrons. The van der Waals surface area contributed by atoms with Crippen molar-refractivity contribution in [1.29, 1.82) is 0 Å². The zero-order chi connectivity index (χ0) is 15.2. The molecular formula is C15H25N3O3. The maximum absolute atomic E-state index is 12.5. The van der Waals surface area contributed by atoms with Gasteiger partial charge >= 0.3 is 6.09 Å². The van der Waals surface area contributed by atoms with Crippen LogP contribution in [0.4, 0.5) is 4.79 Å². The van der Waals surface area contributed by atoms with Gasteiger partial charge in [0.05, 0.1) is 6.04 Å². The highest BCUT2D eigenvalue weighted by molar-refractivity contribution is 5.89. The van der Waals surface area contributed by atoms with Crippen LogP contribution < -0.4 is 5.32 Å². The van der Waals surface area contributed by atoms with Gasteiger partial charge in [0.1, 0.15) is 11.6 Å². The third-order valence-corrected chi connectivity index (χ3v) is 4.46. The van der Waals surface area contributed by atoms with E-state index in [0.29, 0.717) is 12.6 Å². The van der Waals surface area contributed by atoms with Gasteiger partial charge < -0.3 is 15.0 Å². The van der Waals surface area contributed by atoms with Crippen LogP contribution in [0, 0.1) is 0 Å². The van der Waals surface area contributed by atoms with Crippen molar-refractivity contribution in [3.05, 3.63) is 0 Å². The Morgan fingerprint density at radius 3 is 2.76 bits per heavy atom. The Balaban J connectivity index is 1.59. The Kier molecular flexibility index (Phi) is 3.59. The Morgan fingerprint density at radius 2 is 2.19 bits per heavy atom. The molecule has 3 atom stereocenters. The largest absolute Gasteiger partial charge is 0.444 e. The Bertz CT molecular complexity index is 440. The third kappa shape index (κ3) is 2.86. The minimum Gasteiger partial charge on any atom is -0.444 e. The number of hydrogen-bond acceptors (Lipinski definition) is 4. The van der Waals surface area contributed by atoms with Gasteiger partial charge in [0.25, 0.3) is 0 Å². The molecule has 0 spiro atoms. The molecule has 1 N–H and O–H groups in total. The first-order chi connectivity index (χ1) is 9.85. The standard InChI is InChI=1S/C15H25N3O3/c1-15(2,3)21-14(20)18-11-7-12(18)13(19)17(9-11)8-10-5-4-6-16-10/h10-12,16H,4-9H2,1-3H3. The normalized spacial score (nSPS) is 32.1. The van der Waals surface area contributed by atoms with E-state index in [1.807, 2.05) is 25.7 Å². The highest BCUT2D eigenvalue weighted by atomic mass is 16.6. The Labute approximate surface area is 125 Å². The van der Waals surface area contributed by atoms with Gasteiger partial charge in [0.2, 0.25) is 5.91 Å². The van der Waals surface area contributed by atoms with Crippen molar-refractivity contribution >= 4 is 12.0 Å². The fraction of sp³-hybridized carbons (Fsp3) is 0.867. The highest BCUT2D eigenvalue weighted by Gasteiger charge is 2.53. The molecule has 4 saturated heterocycles. The van der Waals surface area contributed by atoms with Crippen LogP contribution in [0.2, 0.25) is 0 Å². The van der Waals surface area contributed by atoms with Crippen LogP contribution in [-0.4, -0.2) is 65.2 Å². The maximum atomic E-state index is 12.5. The summed E-state index contributed by atoms with van der Waals surface area (Å²) >= 11 is 0. The van der Waals surface area contributed by atoms with Crippen LogP contribution in [0.1, 0.15) is 40.0 Å². The summed E-state index contributed by atoms with van der Waals surface area (Å²) in [6.45, 7) is 8.01. The number of piperidine rings is 1. The molecule has 21 heavy (non-hydrogen) atoms. The van der Waals surface area contributed by atoms with Gasteiger partial charge in [-0.05, 0) is 46.6 Å². The number of nitrogens with zero attached hydrogens (tertiary/aromatic N) is 2. The lowest BCUT2D eigenvalue weighted by atomic mass is 9.87. The van der Waals surface area contributed by atoms with Crippen LogP contribution in [0.15, 0.2) is 0 Å². The van der Waals surface area contributed by atoms with Gasteiger partial charge in [0.15, 0.2) is 0 Å². The van der Waals surface area contributed by atoms with Crippen molar-refractivity contribution in [2.45, 2.75) is 63.8 Å². The first-order valence-electron chi connectivity index (χ1n) is 7.88. The zero-order valence-electron chi connectivity index (χ0n) is 13.1. The number of carbonyl (C=O) groups is 2. The zero-order valence-corrected chi connectivity index (χ0v) is 13.1. The van der Waals surface area contributed by atoms with Crippen molar-refractivity contribution in [1.82, 2.24) is 15.1 Å². The molecule has 0 aromatic carbocycles. The lowest BCUT2D eigenvalue weighted by Gasteiger charge is -2.54. The van der Waals surface area contributed by atoms with Crippen LogP contribution in [0.5, 0.6) is 0 Å². The molecule has 4 aliphatic rings. The van der Waals surface area contributed by atoms with E-state index < -0.39 is 5.60 Å². The van der Waals surface area contributed by atoms with Crippen molar-refractivity contribution in [2.24, 2.45) is 0 Å². The number of fused-ring (bicyclic) bond motifs is 2. The number of hydrogen-bond donors (Lipinski definition) is 1. The summed E-state index contributed by atoms with van der Waals surface area (Å²) in [7, 11) is 0. The molecule has 4 aliphatic heterocycles.